The van der Waals surface area contributed by atoms with Gasteiger partial charge in [0.05, 0.1) is 11.1 Å². The van der Waals surface area contributed by atoms with E-state index in [9.17, 15) is 4.79 Å². The molecule has 0 aliphatic rings. The minimum Gasteiger partial charge on any atom is -0.288 e. The summed E-state index contributed by atoms with van der Waals surface area (Å²) >= 11 is 4.65. The van der Waals surface area contributed by atoms with Crippen LogP contribution in [0, 0.1) is 13.8 Å². The highest BCUT2D eigenvalue weighted by Gasteiger charge is 2.18. The normalized spacial score (nSPS) is 11.5. The van der Waals surface area contributed by atoms with Crippen LogP contribution in [0.25, 0.3) is 26.4 Å². The van der Waals surface area contributed by atoms with Crippen LogP contribution in [0.3, 0.4) is 0 Å². The van der Waals surface area contributed by atoms with Crippen molar-refractivity contribution in [2.24, 2.45) is 0 Å². The third kappa shape index (κ3) is 3.62. The van der Waals surface area contributed by atoms with Crippen molar-refractivity contribution in [2.45, 2.75) is 31.3 Å². The van der Waals surface area contributed by atoms with E-state index in [0.29, 0.717) is 28.6 Å². The molecule has 0 radical (unpaired) electrons. The zero-order valence-corrected chi connectivity index (χ0v) is 19.5. The van der Waals surface area contributed by atoms with Crippen molar-refractivity contribution < 1.29 is 0 Å². The Hall–Kier alpha value is -2.75. The standard InChI is InChI=1S/C22H19N5OS3/c1-4-7-26-20(28)18-16(17-6-5-8-29-17)12-30-19(18)25-22(26)31-11-15-10-27-14(3)9-13(2)23-21(27)24-15/h4-6,8-10,12H,1,7,11H2,2-3H3. The van der Waals surface area contributed by atoms with E-state index in [2.05, 4.69) is 16.5 Å². The fourth-order valence-corrected chi connectivity index (χ4v) is 6.24. The van der Waals surface area contributed by atoms with E-state index >= 15 is 0 Å². The lowest BCUT2D eigenvalue weighted by Crippen LogP contribution is -2.22. The molecule has 0 saturated carbocycles. The number of allylic oxidation sites excluding steroid dienone is 1. The van der Waals surface area contributed by atoms with Gasteiger partial charge in [-0.25, -0.2) is 15.0 Å². The molecule has 9 heteroatoms. The van der Waals surface area contributed by atoms with Crippen molar-refractivity contribution in [3.8, 4) is 10.4 Å². The van der Waals surface area contributed by atoms with E-state index in [1.807, 2.05) is 53.4 Å². The first-order chi connectivity index (χ1) is 15.0. The first-order valence-corrected chi connectivity index (χ1v) is 12.4. The van der Waals surface area contributed by atoms with E-state index in [-0.39, 0.29) is 5.56 Å². The average molecular weight is 466 g/mol. The Balaban J connectivity index is 1.54. The fourth-order valence-electron chi connectivity index (χ4n) is 3.55. The van der Waals surface area contributed by atoms with Crippen LogP contribution in [0.4, 0.5) is 0 Å². The fraction of sp³-hybridized carbons (Fsp3) is 0.182. The molecule has 0 fully saturated rings. The zero-order chi connectivity index (χ0) is 21.5. The molecule has 0 saturated heterocycles. The molecule has 0 spiro atoms. The van der Waals surface area contributed by atoms with E-state index < -0.39 is 0 Å². The highest BCUT2D eigenvalue weighted by atomic mass is 32.2. The Morgan fingerprint density at radius 1 is 1.23 bits per heavy atom. The Morgan fingerprint density at radius 2 is 2.10 bits per heavy atom. The predicted molar refractivity (Wildman–Crippen MR) is 129 cm³/mol. The number of imidazole rings is 1. The molecule has 5 rings (SSSR count). The minimum atomic E-state index is -0.0276. The molecule has 0 N–H and O–H groups in total. The second kappa shape index (κ2) is 8.07. The number of aromatic nitrogens is 5. The summed E-state index contributed by atoms with van der Waals surface area (Å²) in [5, 5.41) is 5.40. The maximum Gasteiger partial charge on any atom is 0.263 e. The Morgan fingerprint density at radius 3 is 2.87 bits per heavy atom. The topological polar surface area (TPSA) is 65.1 Å². The third-order valence-corrected chi connectivity index (χ3v) is 7.70. The number of hydrogen-bond acceptors (Lipinski definition) is 7. The molecule has 0 unspecified atom stereocenters. The molecule has 0 atom stereocenters. The second-order valence-electron chi connectivity index (χ2n) is 7.14. The van der Waals surface area contributed by atoms with Gasteiger partial charge in [0.25, 0.3) is 5.56 Å². The molecular formula is C22H19N5OS3. The molecule has 0 aliphatic heterocycles. The summed E-state index contributed by atoms with van der Waals surface area (Å²) in [6.45, 7) is 8.25. The number of thiophene rings is 2. The molecule has 0 amide bonds. The number of rotatable bonds is 6. The van der Waals surface area contributed by atoms with Crippen molar-refractivity contribution >= 4 is 50.4 Å². The highest BCUT2D eigenvalue weighted by Crippen LogP contribution is 2.35. The summed E-state index contributed by atoms with van der Waals surface area (Å²) in [4.78, 5) is 29.2. The number of nitrogens with zero attached hydrogens (tertiary/aromatic N) is 5. The van der Waals surface area contributed by atoms with Crippen molar-refractivity contribution in [3.05, 3.63) is 75.2 Å². The van der Waals surface area contributed by atoms with Gasteiger partial charge in [0.15, 0.2) is 5.16 Å². The quantitative estimate of drug-likeness (QED) is 0.193. The van der Waals surface area contributed by atoms with Crippen molar-refractivity contribution in [1.29, 1.82) is 0 Å². The molecule has 5 aromatic heterocycles. The average Bonchev–Trinajstić information content (AvgIpc) is 3.47. The first kappa shape index (κ1) is 20.2. The summed E-state index contributed by atoms with van der Waals surface area (Å²) in [6, 6.07) is 6.06. The lowest BCUT2D eigenvalue weighted by molar-refractivity contribution is 0.673. The smallest absolute Gasteiger partial charge is 0.263 e. The summed E-state index contributed by atoms with van der Waals surface area (Å²) in [5.41, 5.74) is 3.87. The third-order valence-electron chi connectivity index (χ3n) is 4.92. The SMILES string of the molecule is C=CCn1c(SCc2cn3c(C)cc(C)nc3n2)nc2scc(-c3cccs3)c2c1=O. The lowest BCUT2D eigenvalue weighted by atomic mass is 10.2. The molecule has 156 valence electrons. The predicted octanol–water partition coefficient (Wildman–Crippen LogP) is 5.32. The van der Waals surface area contributed by atoms with Gasteiger partial charge >= 0.3 is 0 Å². The highest BCUT2D eigenvalue weighted by molar-refractivity contribution is 7.98. The number of hydrogen-bond donors (Lipinski definition) is 0. The molecule has 0 aliphatic carbocycles. The molecule has 5 heterocycles. The summed E-state index contributed by atoms with van der Waals surface area (Å²) < 4.78 is 3.69. The van der Waals surface area contributed by atoms with Crippen LogP contribution in [0.5, 0.6) is 0 Å². The van der Waals surface area contributed by atoms with Gasteiger partial charge in [-0.1, -0.05) is 23.9 Å². The van der Waals surface area contributed by atoms with E-state index in [4.69, 9.17) is 4.98 Å². The Labute approximate surface area is 190 Å². The van der Waals surface area contributed by atoms with Crippen LogP contribution in [-0.4, -0.2) is 23.9 Å². The minimum absolute atomic E-state index is 0.0276. The second-order valence-corrected chi connectivity index (χ2v) is 9.88. The molecule has 5 aromatic rings. The summed E-state index contributed by atoms with van der Waals surface area (Å²) in [7, 11) is 0. The molecule has 0 bridgehead atoms. The lowest BCUT2D eigenvalue weighted by Gasteiger charge is -2.10. The van der Waals surface area contributed by atoms with Crippen LogP contribution in [-0.2, 0) is 12.3 Å². The number of aryl methyl sites for hydroxylation is 2. The van der Waals surface area contributed by atoms with Gasteiger partial charge in [0.1, 0.15) is 4.83 Å². The van der Waals surface area contributed by atoms with E-state index in [1.165, 1.54) is 23.1 Å². The zero-order valence-electron chi connectivity index (χ0n) is 17.0. The Kier molecular flexibility index (Phi) is 5.25. The van der Waals surface area contributed by atoms with E-state index in [1.54, 1.807) is 22.0 Å². The van der Waals surface area contributed by atoms with Gasteiger partial charge < -0.3 is 0 Å². The van der Waals surface area contributed by atoms with Gasteiger partial charge in [0.2, 0.25) is 5.78 Å². The number of fused-ring (bicyclic) bond motifs is 2. The van der Waals surface area contributed by atoms with Crippen LogP contribution in [0.2, 0.25) is 0 Å². The van der Waals surface area contributed by atoms with Gasteiger partial charge in [0, 0.05) is 45.7 Å². The van der Waals surface area contributed by atoms with E-state index in [0.717, 1.165) is 32.4 Å². The Bertz CT molecular complexity index is 1480. The summed E-state index contributed by atoms with van der Waals surface area (Å²) in [6.07, 6.45) is 3.73. The van der Waals surface area contributed by atoms with Crippen molar-refractivity contribution in [1.82, 2.24) is 23.9 Å². The van der Waals surface area contributed by atoms with Crippen LogP contribution in [0.1, 0.15) is 17.1 Å². The molecular weight excluding hydrogens is 446 g/mol. The maximum absolute atomic E-state index is 13.4. The van der Waals surface area contributed by atoms with Gasteiger partial charge in [-0.05, 0) is 31.4 Å². The largest absolute Gasteiger partial charge is 0.288 e. The summed E-state index contributed by atoms with van der Waals surface area (Å²) in [5.74, 6) is 1.29. The van der Waals surface area contributed by atoms with Gasteiger partial charge in [-0.3, -0.25) is 13.8 Å². The van der Waals surface area contributed by atoms with Gasteiger partial charge in [-0.2, -0.15) is 0 Å². The van der Waals surface area contributed by atoms with Crippen LogP contribution < -0.4 is 5.56 Å². The van der Waals surface area contributed by atoms with Crippen molar-refractivity contribution in [3.63, 3.8) is 0 Å². The van der Waals surface area contributed by atoms with Crippen LogP contribution >= 0.6 is 34.4 Å². The molecule has 0 aromatic carbocycles. The molecule has 6 nitrogen and oxygen atoms in total. The monoisotopic (exact) mass is 465 g/mol. The van der Waals surface area contributed by atoms with Gasteiger partial charge in [-0.15, -0.1) is 29.3 Å². The van der Waals surface area contributed by atoms with Crippen LogP contribution in [0.15, 0.2) is 57.8 Å². The van der Waals surface area contributed by atoms with Crippen molar-refractivity contribution in [2.75, 3.05) is 0 Å². The molecule has 31 heavy (non-hydrogen) atoms. The first-order valence-electron chi connectivity index (χ1n) is 9.67. The number of thioether (sulfide) groups is 1. The maximum atomic E-state index is 13.4.